The first-order valence-electron chi connectivity index (χ1n) is 6.38. The zero-order valence-electron chi connectivity index (χ0n) is 11.3. The predicted octanol–water partition coefficient (Wildman–Crippen LogP) is 3.02. The van der Waals surface area contributed by atoms with Crippen LogP contribution in [-0.4, -0.2) is 29.3 Å². The molecule has 0 bridgehead atoms. The molecule has 0 atom stereocenters. The number of hydrogen-bond donors (Lipinski definition) is 0. The summed E-state index contributed by atoms with van der Waals surface area (Å²) < 4.78 is 0. The van der Waals surface area contributed by atoms with Crippen LogP contribution in [0.4, 0.5) is 0 Å². The zero-order valence-corrected chi connectivity index (χ0v) is 12.1. The van der Waals surface area contributed by atoms with Gasteiger partial charge in [0.1, 0.15) is 0 Å². The highest BCUT2D eigenvalue weighted by molar-refractivity contribution is 7.14. The molecule has 0 spiro atoms. The first kappa shape index (κ1) is 13.9. The molecule has 2 rings (SSSR count). The molecule has 0 saturated carbocycles. The summed E-state index contributed by atoms with van der Waals surface area (Å²) in [7, 11) is 1.96. The number of thiophene rings is 1. The van der Waals surface area contributed by atoms with Gasteiger partial charge < -0.3 is 0 Å². The summed E-state index contributed by atoms with van der Waals surface area (Å²) in [6.07, 6.45) is 4.58. The van der Waals surface area contributed by atoms with E-state index >= 15 is 0 Å². The van der Waals surface area contributed by atoms with Crippen molar-refractivity contribution in [3.05, 3.63) is 52.0 Å². The third kappa shape index (κ3) is 3.98. The fourth-order valence-corrected chi connectivity index (χ4v) is 2.78. The Kier molecular flexibility index (Phi) is 4.82. The lowest BCUT2D eigenvalue weighted by Crippen LogP contribution is -2.25. The van der Waals surface area contributed by atoms with Crippen LogP contribution in [0.15, 0.2) is 36.7 Å². The molecule has 0 aliphatic carbocycles. The smallest absolute Gasteiger partial charge is 0.186 e. The summed E-state index contributed by atoms with van der Waals surface area (Å²) in [6, 6.07) is 7.91. The molecule has 0 aliphatic rings. The van der Waals surface area contributed by atoms with Crippen molar-refractivity contribution in [2.75, 3.05) is 13.6 Å². The minimum atomic E-state index is 0.191. The van der Waals surface area contributed by atoms with E-state index in [-0.39, 0.29) is 5.78 Å². The summed E-state index contributed by atoms with van der Waals surface area (Å²) in [5.41, 5.74) is 1.12. The molecule has 0 saturated heterocycles. The van der Waals surface area contributed by atoms with Crippen LogP contribution in [0.2, 0.25) is 0 Å². The Morgan fingerprint density at radius 3 is 2.84 bits per heavy atom. The van der Waals surface area contributed by atoms with Crippen molar-refractivity contribution in [2.24, 2.45) is 0 Å². The Morgan fingerprint density at radius 1 is 1.37 bits per heavy atom. The van der Waals surface area contributed by atoms with Crippen LogP contribution >= 0.6 is 11.3 Å². The van der Waals surface area contributed by atoms with Gasteiger partial charge in [0.05, 0.1) is 11.4 Å². The van der Waals surface area contributed by atoms with Gasteiger partial charge in [-0.15, -0.1) is 11.3 Å². The lowest BCUT2D eigenvalue weighted by Gasteiger charge is -2.14. The number of nitrogens with zero attached hydrogens (tertiary/aromatic N) is 2. The van der Waals surface area contributed by atoms with E-state index < -0.39 is 0 Å². The van der Waals surface area contributed by atoms with Crippen molar-refractivity contribution in [3.8, 4) is 0 Å². The van der Waals surface area contributed by atoms with Gasteiger partial charge in [-0.05, 0) is 37.2 Å². The monoisotopic (exact) mass is 274 g/mol. The van der Waals surface area contributed by atoms with E-state index in [4.69, 9.17) is 0 Å². The second-order valence-electron chi connectivity index (χ2n) is 4.58. The minimum Gasteiger partial charge on any atom is -0.294 e. The van der Waals surface area contributed by atoms with Gasteiger partial charge in [0, 0.05) is 23.8 Å². The summed E-state index contributed by atoms with van der Waals surface area (Å²) in [5.74, 6) is 0.191. The molecular weight excluding hydrogens is 256 g/mol. The molecule has 3 nitrogen and oxygen atoms in total. The van der Waals surface area contributed by atoms with Gasteiger partial charge in [-0.2, -0.15) is 0 Å². The summed E-state index contributed by atoms with van der Waals surface area (Å²) in [6.45, 7) is 3.29. The normalized spacial score (nSPS) is 10.9. The number of aromatic nitrogens is 1. The SMILES string of the molecule is CCc1ccc(C(=O)CN(C)Cc2cccnc2)s1. The van der Waals surface area contributed by atoms with E-state index in [9.17, 15) is 4.79 Å². The number of ketones is 1. The number of aryl methyl sites for hydroxylation is 1. The van der Waals surface area contributed by atoms with Crippen molar-refractivity contribution in [1.82, 2.24) is 9.88 Å². The van der Waals surface area contributed by atoms with Crippen LogP contribution in [0.1, 0.15) is 27.0 Å². The molecule has 19 heavy (non-hydrogen) atoms. The number of carbonyl (C=O) groups excluding carboxylic acids is 1. The van der Waals surface area contributed by atoms with Crippen molar-refractivity contribution < 1.29 is 4.79 Å². The van der Waals surface area contributed by atoms with Gasteiger partial charge in [-0.3, -0.25) is 14.7 Å². The van der Waals surface area contributed by atoms with E-state index in [2.05, 4.69) is 11.9 Å². The highest BCUT2D eigenvalue weighted by Gasteiger charge is 2.12. The molecular formula is C15H18N2OS. The largest absolute Gasteiger partial charge is 0.294 e. The zero-order chi connectivity index (χ0) is 13.7. The van der Waals surface area contributed by atoms with Crippen molar-refractivity contribution >= 4 is 17.1 Å². The number of rotatable bonds is 6. The van der Waals surface area contributed by atoms with Gasteiger partial charge in [0.2, 0.25) is 0 Å². The van der Waals surface area contributed by atoms with E-state index in [0.29, 0.717) is 6.54 Å². The van der Waals surface area contributed by atoms with Crippen molar-refractivity contribution in [2.45, 2.75) is 19.9 Å². The van der Waals surface area contributed by atoms with E-state index in [0.717, 1.165) is 23.4 Å². The highest BCUT2D eigenvalue weighted by Crippen LogP contribution is 2.17. The van der Waals surface area contributed by atoms with Gasteiger partial charge in [-0.25, -0.2) is 0 Å². The van der Waals surface area contributed by atoms with Gasteiger partial charge >= 0.3 is 0 Å². The van der Waals surface area contributed by atoms with Crippen LogP contribution in [0.3, 0.4) is 0 Å². The molecule has 100 valence electrons. The van der Waals surface area contributed by atoms with Crippen LogP contribution in [0.25, 0.3) is 0 Å². The summed E-state index contributed by atoms with van der Waals surface area (Å²) in [5, 5.41) is 0. The van der Waals surface area contributed by atoms with Gasteiger partial charge in [0.25, 0.3) is 0 Å². The molecule has 0 aliphatic heterocycles. The maximum Gasteiger partial charge on any atom is 0.186 e. The Morgan fingerprint density at radius 2 is 2.21 bits per heavy atom. The topological polar surface area (TPSA) is 33.2 Å². The summed E-state index contributed by atoms with van der Waals surface area (Å²) in [4.78, 5) is 20.3. The predicted molar refractivity (Wildman–Crippen MR) is 78.6 cm³/mol. The average molecular weight is 274 g/mol. The number of carbonyl (C=O) groups is 1. The van der Waals surface area contributed by atoms with Crippen LogP contribution in [0, 0.1) is 0 Å². The molecule has 2 aromatic rings. The van der Waals surface area contributed by atoms with Crippen LogP contribution < -0.4 is 0 Å². The van der Waals surface area contributed by atoms with Crippen LogP contribution in [-0.2, 0) is 13.0 Å². The molecule has 2 heterocycles. The first-order chi connectivity index (χ1) is 9.19. The van der Waals surface area contributed by atoms with E-state index in [1.54, 1.807) is 17.5 Å². The van der Waals surface area contributed by atoms with Crippen molar-refractivity contribution in [3.63, 3.8) is 0 Å². The molecule has 0 fully saturated rings. The number of pyridine rings is 1. The molecule has 2 aromatic heterocycles. The fourth-order valence-electron chi connectivity index (χ4n) is 1.90. The molecule has 0 amide bonds. The molecule has 0 N–H and O–H groups in total. The van der Waals surface area contributed by atoms with E-state index in [1.807, 2.05) is 42.4 Å². The highest BCUT2D eigenvalue weighted by atomic mass is 32.1. The third-order valence-electron chi connectivity index (χ3n) is 2.87. The summed E-state index contributed by atoms with van der Waals surface area (Å²) >= 11 is 1.60. The molecule has 4 heteroatoms. The Bertz CT molecular complexity index is 536. The number of likely N-dealkylation sites (N-methyl/N-ethyl adjacent to an activating group) is 1. The lowest BCUT2D eigenvalue weighted by molar-refractivity contribution is 0.0947. The molecule has 0 aromatic carbocycles. The van der Waals surface area contributed by atoms with Crippen LogP contribution in [0.5, 0.6) is 0 Å². The Hall–Kier alpha value is -1.52. The second kappa shape index (κ2) is 6.59. The maximum absolute atomic E-state index is 12.1. The standard InChI is InChI=1S/C15H18N2OS/c1-3-13-6-7-15(19-13)14(18)11-17(2)10-12-5-4-8-16-9-12/h4-9H,3,10-11H2,1-2H3. The number of hydrogen-bond acceptors (Lipinski definition) is 4. The third-order valence-corrected chi connectivity index (χ3v) is 4.14. The lowest BCUT2D eigenvalue weighted by atomic mass is 10.2. The Labute approximate surface area is 117 Å². The minimum absolute atomic E-state index is 0.191. The molecule has 0 radical (unpaired) electrons. The Balaban J connectivity index is 1.91. The number of Topliss-reactive ketones (excluding diaryl/α,β-unsaturated/α-hetero) is 1. The first-order valence-corrected chi connectivity index (χ1v) is 7.20. The van der Waals surface area contributed by atoms with Crippen molar-refractivity contribution in [1.29, 1.82) is 0 Å². The van der Waals surface area contributed by atoms with Gasteiger partial charge in [-0.1, -0.05) is 13.0 Å². The van der Waals surface area contributed by atoms with E-state index in [1.165, 1.54) is 4.88 Å². The molecule has 0 unspecified atom stereocenters. The maximum atomic E-state index is 12.1. The average Bonchev–Trinajstić information content (AvgIpc) is 2.88. The van der Waals surface area contributed by atoms with Gasteiger partial charge in [0.15, 0.2) is 5.78 Å². The fraction of sp³-hybridized carbons (Fsp3) is 0.333. The quantitative estimate of drug-likeness (QED) is 0.759. The second-order valence-corrected chi connectivity index (χ2v) is 5.74.